The third-order valence-electron chi connectivity index (χ3n) is 5.01. The van der Waals surface area contributed by atoms with Gasteiger partial charge in [0.1, 0.15) is 0 Å². The number of amides is 2. The molecule has 0 fully saturated rings. The topological polar surface area (TPSA) is 49.4 Å². The molecular formula is C26H28N2O2. The van der Waals surface area contributed by atoms with Gasteiger partial charge in [0.2, 0.25) is 11.8 Å². The van der Waals surface area contributed by atoms with E-state index in [-0.39, 0.29) is 30.2 Å². The molecule has 154 valence electrons. The third kappa shape index (κ3) is 5.80. The van der Waals surface area contributed by atoms with Gasteiger partial charge in [0, 0.05) is 24.2 Å². The summed E-state index contributed by atoms with van der Waals surface area (Å²) in [5.74, 6) is -0.142. The van der Waals surface area contributed by atoms with E-state index in [1.807, 2.05) is 105 Å². The predicted molar refractivity (Wildman–Crippen MR) is 121 cm³/mol. The lowest BCUT2D eigenvalue weighted by molar-refractivity contribution is -0.123. The molecule has 0 aliphatic carbocycles. The number of hydrogen-bond donors (Lipinski definition) is 1. The zero-order valence-corrected chi connectivity index (χ0v) is 17.5. The minimum absolute atomic E-state index is 0.0243. The van der Waals surface area contributed by atoms with E-state index in [0.29, 0.717) is 6.42 Å². The molecule has 0 aliphatic heterocycles. The number of carbonyl (C=O) groups excluding carboxylic acids is 2. The van der Waals surface area contributed by atoms with E-state index in [9.17, 15) is 9.59 Å². The lowest BCUT2D eigenvalue weighted by Crippen LogP contribution is -2.31. The quantitative estimate of drug-likeness (QED) is 0.531. The highest BCUT2D eigenvalue weighted by Gasteiger charge is 2.22. The Balaban J connectivity index is 1.63. The number of benzene rings is 3. The first-order chi connectivity index (χ1) is 14.5. The summed E-state index contributed by atoms with van der Waals surface area (Å²) in [6, 6.07) is 29.0. The fourth-order valence-corrected chi connectivity index (χ4v) is 3.49. The van der Waals surface area contributed by atoms with Crippen LogP contribution in [0.4, 0.5) is 11.4 Å². The zero-order chi connectivity index (χ0) is 21.3. The molecule has 0 aromatic heterocycles. The second-order valence-electron chi connectivity index (χ2n) is 7.61. The van der Waals surface area contributed by atoms with Gasteiger partial charge in [0.15, 0.2) is 0 Å². The second kappa shape index (κ2) is 10.4. The van der Waals surface area contributed by atoms with Crippen molar-refractivity contribution in [3.05, 3.63) is 96.6 Å². The Morgan fingerprint density at radius 1 is 0.733 bits per heavy atom. The molecule has 2 atom stereocenters. The van der Waals surface area contributed by atoms with Gasteiger partial charge in [0.05, 0.1) is 6.04 Å². The molecule has 3 aromatic rings. The van der Waals surface area contributed by atoms with Crippen LogP contribution in [-0.4, -0.2) is 11.8 Å². The highest BCUT2D eigenvalue weighted by molar-refractivity contribution is 6.00. The highest BCUT2D eigenvalue weighted by atomic mass is 16.2. The molecule has 4 nitrogen and oxygen atoms in total. The monoisotopic (exact) mass is 400 g/mol. The van der Waals surface area contributed by atoms with Crippen molar-refractivity contribution in [2.75, 3.05) is 4.90 Å². The molecule has 0 spiro atoms. The van der Waals surface area contributed by atoms with Gasteiger partial charge >= 0.3 is 0 Å². The van der Waals surface area contributed by atoms with Gasteiger partial charge in [-0.15, -0.1) is 0 Å². The van der Waals surface area contributed by atoms with Crippen LogP contribution in [0.25, 0.3) is 0 Å². The largest absolute Gasteiger partial charge is 0.350 e. The van der Waals surface area contributed by atoms with Gasteiger partial charge < -0.3 is 5.32 Å². The number of anilines is 2. The summed E-state index contributed by atoms with van der Waals surface area (Å²) >= 11 is 0. The number of carbonyl (C=O) groups is 2. The van der Waals surface area contributed by atoms with E-state index in [2.05, 4.69) is 5.32 Å². The van der Waals surface area contributed by atoms with Gasteiger partial charge in [-0.25, -0.2) is 0 Å². The van der Waals surface area contributed by atoms with E-state index in [4.69, 9.17) is 0 Å². The van der Waals surface area contributed by atoms with Gasteiger partial charge in [-0.1, -0.05) is 73.7 Å². The first kappa shape index (κ1) is 21.3. The number of nitrogens with zero attached hydrogens (tertiary/aromatic N) is 1. The van der Waals surface area contributed by atoms with Crippen LogP contribution in [0, 0.1) is 5.92 Å². The van der Waals surface area contributed by atoms with E-state index in [0.717, 1.165) is 16.9 Å². The number of rotatable bonds is 8. The zero-order valence-electron chi connectivity index (χ0n) is 17.5. The molecule has 3 rings (SSSR count). The van der Waals surface area contributed by atoms with E-state index >= 15 is 0 Å². The maximum Gasteiger partial charge on any atom is 0.231 e. The van der Waals surface area contributed by atoms with Crippen LogP contribution in [0.1, 0.15) is 38.3 Å². The maximum absolute atomic E-state index is 13.2. The van der Waals surface area contributed by atoms with Crippen molar-refractivity contribution in [1.82, 2.24) is 5.32 Å². The molecule has 4 heteroatoms. The Morgan fingerprint density at radius 2 is 1.20 bits per heavy atom. The third-order valence-corrected chi connectivity index (χ3v) is 5.01. The second-order valence-corrected chi connectivity index (χ2v) is 7.61. The van der Waals surface area contributed by atoms with Crippen LogP contribution in [0.3, 0.4) is 0 Å². The van der Waals surface area contributed by atoms with E-state index < -0.39 is 0 Å². The van der Waals surface area contributed by atoms with Crippen LogP contribution in [0.2, 0.25) is 0 Å². The molecule has 0 radical (unpaired) electrons. The Kier molecular flexibility index (Phi) is 7.39. The Labute approximate surface area is 178 Å². The first-order valence-corrected chi connectivity index (χ1v) is 10.3. The van der Waals surface area contributed by atoms with Crippen molar-refractivity contribution in [2.24, 2.45) is 5.92 Å². The molecule has 3 aromatic carbocycles. The van der Waals surface area contributed by atoms with Crippen molar-refractivity contribution in [2.45, 2.75) is 32.7 Å². The maximum atomic E-state index is 13.2. The smallest absolute Gasteiger partial charge is 0.231 e. The summed E-state index contributed by atoms with van der Waals surface area (Å²) in [6.45, 7) is 3.91. The molecule has 0 aliphatic rings. The molecular weight excluding hydrogens is 372 g/mol. The molecule has 0 unspecified atom stereocenters. The van der Waals surface area contributed by atoms with Crippen molar-refractivity contribution in [3.63, 3.8) is 0 Å². The van der Waals surface area contributed by atoms with Gasteiger partial charge in [0.25, 0.3) is 0 Å². The lowest BCUT2D eigenvalue weighted by Gasteiger charge is -2.24. The fourth-order valence-electron chi connectivity index (χ4n) is 3.49. The summed E-state index contributed by atoms with van der Waals surface area (Å²) in [5.41, 5.74) is 2.71. The van der Waals surface area contributed by atoms with Crippen LogP contribution in [0.5, 0.6) is 0 Å². The summed E-state index contributed by atoms with van der Waals surface area (Å²) in [7, 11) is 0. The highest BCUT2D eigenvalue weighted by Crippen LogP contribution is 2.27. The molecule has 2 amide bonds. The van der Waals surface area contributed by atoms with Crippen LogP contribution in [-0.2, 0) is 9.59 Å². The first-order valence-electron chi connectivity index (χ1n) is 10.3. The summed E-state index contributed by atoms with van der Waals surface area (Å²) in [4.78, 5) is 27.4. The van der Waals surface area contributed by atoms with E-state index in [1.165, 1.54) is 0 Å². The molecule has 0 saturated carbocycles. The fraction of sp³-hybridized carbons (Fsp3) is 0.231. The minimum Gasteiger partial charge on any atom is -0.350 e. The molecule has 30 heavy (non-hydrogen) atoms. The Hall–Kier alpha value is -3.40. The van der Waals surface area contributed by atoms with Crippen molar-refractivity contribution < 1.29 is 9.59 Å². The Morgan fingerprint density at radius 3 is 1.70 bits per heavy atom. The normalized spacial score (nSPS) is 12.6. The van der Waals surface area contributed by atoms with Crippen LogP contribution in [0.15, 0.2) is 91.0 Å². The van der Waals surface area contributed by atoms with Crippen molar-refractivity contribution in [3.8, 4) is 0 Å². The van der Waals surface area contributed by atoms with Gasteiger partial charge in [-0.05, 0) is 42.7 Å². The number of para-hydroxylation sites is 2. The van der Waals surface area contributed by atoms with Crippen LogP contribution < -0.4 is 10.2 Å². The van der Waals surface area contributed by atoms with Crippen LogP contribution >= 0.6 is 0 Å². The van der Waals surface area contributed by atoms with Crippen molar-refractivity contribution in [1.29, 1.82) is 0 Å². The average molecular weight is 401 g/mol. The summed E-state index contributed by atoms with van der Waals surface area (Å²) < 4.78 is 0. The minimum atomic E-state index is -0.0737. The van der Waals surface area contributed by atoms with Gasteiger partial charge in [-0.3, -0.25) is 14.5 Å². The van der Waals surface area contributed by atoms with Gasteiger partial charge in [-0.2, -0.15) is 0 Å². The standard InChI is InChI=1S/C26H28N2O2/c1-20(18-25(29)27-21(2)22-12-6-3-7-13-22)19-26(30)28(23-14-8-4-9-15-23)24-16-10-5-11-17-24/h3-17,20-21H,18-19H2,1-2H3,(H,27,29)/t20-,21-/m1/s1. The number of nitrogens with one attached hydrogen (secondary N) is 1. The summed E-state index contributed by atoms with van der Waals surface area (Å²) in [5, 5.41) is 3.03. The lowest BCUT2D eigenvalue weighted by atomic mass is 10.0. The molecule has 0 heterocycles. The molecule has 0 bridgehead atoms. The predicted octanol–water partition coefficient (Wildman–Crippen LogP) is 5.65. The van der Waals surface area contributed by atoms with Crippen molar-refractivity contribution >= 4 is 23.2 Å². The number of hydrogen-bond acceptors (Lipinski definition) is 2. The molecule has 1 N–H and O–H groups in total. The average Bonchev–Trinajstić information content (AvgIpc) is 2.75. The SMILES string of the molecule is C[C@H](CC(=O)N[C@H](C)c1ccccc1)CC(=O)N(c1ccccc1)c1ccccc1. The van der Waals surface area contributed by atoms with E-state index in [1.54, 1.807) is 4.90 Å². The summed E-state index contributed by atoms with van der Waals surface area (Å²) in [6.07, 6.45) is 0.595. The molecule has 0 saturated heterocycles. The Bertz CT molecular complexity index is 903.